The highest BCUT2D eigenvalue weighted by Crippen LogP contribution is 2.46. The topological polar surface area (TPSA) is 343 Å². The van der Waals surface area contributed by atoms with Crippen LogP contribution in [0.3, 0.4) is 0 Å². The fourth-order valence-corrected chi connectivity index (χ4v) is 7.27. The zero-order chi connectivity index (χ0) is 38.0. The number of hydrogen-bond acceptors (Lipinski definition) is 17. The van der Waals surface area contributed by atoms with Crippen LogP contribution in [0.5, 0.6) is 5.75 Å². The maximum Gasteiger partial charge on any atom is 0.397 e. The van der Waals surface area contributed by atoms with Gasteiger partial charge in [0.2, 0.25) is 0 Å². The zero-order valence-corrected chi connectivity index (χ0v) is 29.1. The third-order valence-electron chi connectivity index (χ3n) is 6.37. The Labute approximate surface area is 289 Å². The number of anilines is 1. The van der Waals surface area contributed by atoms with Crippen LogP contribution in [0.4, 0.5) is 28.4 Å². The number of nitrogens with zero attached hydrogens (tertiary/aromatic N) is 4. The highest BCUT2D eigenvalue weighted by atomic mass is 32.3. The minimum atomic E-state index is -5.26. The second kappa shape index (κ2) is 14.6. The molecule has 0 aliphatic heterocycles. The van der Waals surface area contributed by atoms with E-state index in [-0.39, 0.29) is 27.0 Å². The van der Waals surface area contributed by atoms with Gasteiger partial charge in [0, 0.05) is 10.8 Å². The van der Waals surface area contributed by atoms with Gasteiger partial charge in [-0.05, 0) is 54.6 Å². The predicted octanol–water partition coefficient (Wildman–Crippen LogP) is 3.72. The van der Waals surface area contributed by atoms with Crippen molar-refractivity contribution in [1.82, 2.24) is 0 Å². The van der Waals surface area contributed by atoms with Gasteiger partial charge in [0.25, 0.3) is 30.4 Å². The first-order valence-electron chi connectivity index (χ1n) is 13.3. The first kappa shape index (κ1) is 39.3. The molecule has 21 nitrogen and oxygen atoms in total. The molecule has 0 aliphatic rings. The highest BCUT2D eigenvalue weighted by Gasteiger charge is 2.25. The molecule has 4 rings (SSSR count). The number of hydrogen-bond donors (Lipinski definition) is 6. The van der Waals surface area contributed by atoms with Gasteiger partial charge in [0.1, 0.15) is 32.7 Å². The molecule has 0 spiro atoms. The van der Waals surface area contributed by atoms with Crippen molar-refractivity contribution >= 4 is 89.8 Å². The van der Waals surface area contributed by atoms with Crippen LogP contribution in [0.2, 0.25) is 0 Å². The largest absolute Gasteiger partial charge is 0.505 e. The van der Waals surface area contributed by atoms with Gasteiger partial charge in [-0.2, -0.15) is 38.8 Å². The summed E-state index contributed by atoms with van der Waals surface area (Å²) in [5.74, 6) is -2.87. The molecule has 6 N–H and O–H groups in total. The van der Waals surface area contributed by atoms with Crippen molar-refractivity contribution in [2.45, 2.75) is 14.7 Å². The molecule has 0 aromatic heterocycles. The second-order valence-corrected chi connectivity index (χ2v) is 17.3. The van der Waals surface area contributed by atoms with Gasteiger partial charge in [-0.15, -0.1) is 15.3 Å². The van der Waals surface area contributed by atoms with E-state index in [1.807, 2.05) is 0 Å². The minimum Gasteiger partial charge on any atom is -0.505 e. The summed E-state index contributed by atoms with van der Waals surface area (Å²) in [7, 11) is -23.7. The molecule has 0 unspecified atom stereocenters. The Morgan fingerprint density at radius 3 is 1.84 bits per heavy atom. The Hall–Kier alpha value is -4.51. The van der Waals surface area contributed by atoms with E-state index in [0.717, 1.165) is 54.6 Å². The van der Waals surface area contributed by atoms with Crippen molar-refractivity contribution in [3.8, 4) is 5.75 Å². The fourth-order valence-electron chi connectivity index (χ4n) is 4.17. The SMILES string of the molecule is O=S(=O)(O)CNc1ccc2c(O)c(/N=N/c3ccc(S(=O)(=O)CCOS(=O)(=O)O)cc3)c(S(=O)(=O)O)cc2c1/N=N/c1ccccc1S(=O)(=O)O. The smallest absolute Gasteiger partial charge is 0.397 e. The van der Waals surface area contributed by atoms with Gasteiger partial charge >= 0.3 is 10.4 Å². The Bertz CT molecular complexity index is 2630. The van der Waals surface area contributed by atoms with Gasteiger partial charge in [0.05, 0.1) is 28.6 Å². The van der Waals surface area contributed by atoms with Crippen molar-refractivity contribution in [2.24, 2.45) is 20.5 Å². The van der Waals surface area contributed by atoms with E-state index in [1.54, 1.807) is 0 Å². The molecule has 0 atom stereocenters. The second-order valence-electron chi connectivity index (χ2n) is 9.91. The predicted molar refractivity (Wildman–Crippen MR) is 176 cm³/mol. The molecule has 4 aromatic carbocycles. The maximum atomic E-state index is 12.5. The van der Waals surface area contributed by atoms with E-state index in [0.29, 0.717) is 0 Å². The number of fused-ring (bicyclic) bond motifs is 1. The Morgan fingerprint density at radius 1 is 0.647 bits per heavy atom. The number of aromatic hydroxyl groups is 1. The summed E-state index contributed by atoms with van der Waals surface area (Å²) in [4.78, 5) is -2.09. The van der Waals surface area contributed by atoms with Crippen LogP contribution in [-0.4, -0.2) is 83.6 Å². The highest BCUT2D eigenvalue weighted by molar-refractivity contribution is 7.91. The molecule has 0 amide bonds. The Balaban J connectivity index is 1.84. The van der Waals surface area contributed by atoms with E-state index in [1.165, 1.54) is 12.1 Å². The van der Waals surface area contributed by atoms with E-state index in [9.17, 15) is 60.9 Å². The third-order valence-corrected chi connectivity index (χ3v) is 10.8. The van der Waals surface area contributed by atoms with Crippen molar-refractivity contribution in [3.63, 3.8) is 0 Å². The molecule has 274 valence electrons. The van der Waals surface area contributed by atoms with Crippen LogP contribution in [0.1, 0.15) is 0 Å². The average molecular weight is 810 g/mol. The van der Waals surface area contributed by atoms with E-state index < -0.39 is 101 Å². The van der Waals surface area contributed by atoms with Crippen molar-refractivity contribution in [3.05, 3.63) is 66.7 Å². The first-order chi connectivity index (χ1) is 23.5. The number of phenolic OH excluding ortho intramolecular Hbond substituents is 1. The standard InChI is InChI=1S/C25H23N5O16S5/c31-25-17-9-10-20(26-14-48(34,35)36)23(29-28-19-3-1-2-4-21(19)49(37,38)39)18(17)13-22(50(40,41)42)24(25)30-27-15-5-7-16(8-6-15)47(32,33)12-11-46-51(43,44)45/h1-10,13,26,31H,11-12,14H2,(H,34,35,36)(H,37,38,39)(H,40,41,42)(H,43,44,45)/b29-28+,30-27+. The molecule has 26 heteroatoms. The van der Waals surface area contributed by atoms with Gasteiger partial charge in [-0.25, -0.2) is 12.6 Å². The number of sulfone groups is 1. The lowest BCUT2D eigenvalue weighted by Gasteiger charge is -2.14. The molecular formula is C25H23N5O16S5. The van der Waals surface area contributed by atoms with Crippen molar-refractivity contribution in [2.75, 3.05) is 23.6 Å². The first-order valence-corrected chi connectivity index (χ1v) is 20.8. The van der Waals surface area contributed by atoms with Crippen LogP contribution in [-0.2, 0) is 54.8 Å². The summed E-state index contributed by atoms with van der Waals surface area (Å²) in [5, 5.41) is 28.0. The lowest BCUT2D eigenvalue weighted by Crippen LogP contribution is -2.15. The van der Waals surface area contributed by atoms with E-state index in [2.05, 4.69) is 30.0 Å². The van der Waals surface area contributed by atoms with Gasteiger partial charge in [0.15, 0.2) is 15.6 Å². The molecule has 4 aromatic rings. The van der Waals surface area contributed by atoms with Crippen LogP contribution in [0.25, 0.3) is 10.8 Å². The van der Waals surface area contributed by atoms with Crippen LogP contribution >= 0.6 is 0 Å². The van der Waals surface area contributed by atoms with Gasteiger partial charge < -0.3 is 10.4 Å². The van der Waals surface area contributed by atoms with Crippen molar-refractivity contribution < 1.29 is 69.6 Å². The number of rotatable bonds is 14. The Morgan fingerprint density at radius 2 is 1.25 bits per heavy atom. The molecule has 51 heavy (non-hydrogen) atoms. The molecule has 0 heterocycles. The maximum absolute atomic E-state index is 12.5. The molecule has 0 bridgehead atoms. The number of phenols is 1. The van der Waals surface area contributed by atoms with Crippen LogP contribution in [0.15, 0.2) is 102 Å². The fraction of sp³-hybridized carbons (Fsp3) is 0.120. The summed E-state index contributed by atoms with van der Waals surface area (Å²) >= 11 is 0. The lowest BCUT2D eigenvalue weighted by molar-refractivity contribution is 0.284. The van der Waals surface area contributed by atoms with Crippen molar-refractivity contribution in [1.29, 1.82) is 0 Å². The summed E-state index contributed by atoms with van der Waals surface area (Å²) in [6.45, 7) is -0.888. The summed E-state index contributed by atoms with van der Waals surface area (Å²) < 4.78 is 159. The Kier molecular flexibility index (Phi) is 11.3. The quantitative estimate of drug-likeness (QED) is 0.0780. The number of benzene rings is 4. The van der Waals surface area contributed by atoms with E-state index in [4.69, 9.17) is 4.55 Å². The molecule has 0 fully saturated rings. The summed E-state index contributed by atoms with van der Waals surface area (Å²) in [6, 6.07) is 11.9. The average Bonchev–Trinajstić information content (AvgIpc) is 3.00. The minimum absolute atomic E-state index is 0.110. The zero-order valence-electron chi connectivity index (χ0n) is 25.0. The number of nitrogens with one attached hydrogen (secondary N) is 1. The lowest BCUT2D eigenvalue weighted by atomic mass is 10.1. The third kappa shape index (κ3) is 10.3. The van der Waals surface area contributed by atoms with Crippen LogP contribution < -0.4 is 5.32 Å². The van der Waals surface area contributed by atoms with E-state index >= 15 is 0 Å². The number of azo groups is 2. The molecule has 0 saturated heterocycles. The molecule has 0 radical (unpaired) electrons. The normalized spacial score (nSPS) is 13.3. The monoisotopic (exact) mass is 809 g/mol. The van der Waals surface area contributed by atoms with Gasteiger partial charge in [-0.3, -0.25) is 18.2 Å². The van der Waals surface area contributed by atoms with Gasteiger partial charge in [-0.1, -0.05) is 12.1 Å². The summed E-state index contributed by atoms with van der Waals surface area (Å²) in [6.07, 6.45) is 0. The van der Waals surface area contributed by atoms with Crippen LogP contribution in [0, 0.1) is 0 Å². The molecular weight excluding hydrogens is 787 g/mol. The summed E-state index contributed by atoms with van der Waals surface area (Å²) in [5.41, 5.74) is -2.08. The molecule has 0 aliphatic carbocycles. The molecule has 0 saturated carbocycles.